The van der Waals surface area contributed by atoms with E-state index in [0.717, 1.165) is 35.9 Å². The second-order valence-corrected chi connectivity index (χ2v) is 12.1. The number of hydrogen-bond acceptors (Lipinski definition) is 5. The van der Waals surface area contributed by atoms with E-state index in [1.54, 1.807) is 24.1 Å². The summed E-state index contributed by atoms with van der Waals surface area (Å²) in [5, 5.41) is 1.58. The molecule has 0 aromatic carbocycles. The zero-order chi connectivity index (χ0) is 19.6. The molecular weight excluding hydrogens is 404 g/mol. The van der Waals surface area contributed by atoms with Crippen LogP contribution in [0.3, 0.4) is 0 Å². The normalized spacial score (nSPS) is 36.7. The van der Waals surface area contributed by atoms with Gasteiger partial charge in [-0.05, 0) is 87.7 Å². The Labute approximate surface area is 185 Å². The lowest BCUT2D eigenvalue weighted by molar-refractivity contribution is 0.0179. The topological polar surface area (TPSA) is 18.5 Å². The van der Waals surface area contributed by atoms with Gasteiger partial charge in [-0.15, -0.1) is 13.2 Å². The van der Waals surface area contributed by atoms with Crippen molar-refractivity contribution in [2.45, 2.75) is 80.8 Å². The first-order valence-electron chi connectivity index (χ1n) is 11.2. The summed E-state index contributed by atoms with van der Waals surface area (Å²) in [7, 11) is 0. The minimum atomic E-state index is 0.270. The van der Waals surface area contributed by atoms with Crippen molar-refractivity contribution in [1.29, 1.82) is 0 Å². The molecule has 0 N–H and O–H groups in total. The summed E-state index contributed by atoms with van der Waals surface area (Å²) < 4.78 is 11.7. The van der Waals surface area contributed by atoms with Gasteiger partial charge < -0.3 is 4.74 Å². The first-order valence-corrected chi connectivity index (χ1v) is 14.0. The number of rotatable bonds is 10. The number of allylic oxidation sites excluding steroid dienone is 1. The van der Waals surface area contributed by atoms with Crippen LogP contribution in [0.4, 0.5) is 0 Å². The molecule has 1 saturated heterocycles. The molecule has 3 aliphatic rings. The maximum absolute atomic E-state index is 5.88. The molecule has 0 amide bonds. The molecule has 0 radical (unpaired) electrons. The van der Waals surface area contributed by atoms with Crippen molar-refractivity contribution < 1.29 is 8.37 Å². The standard InChI is InChI=1S/C23H38O2S3/c1-3-18-5-7-19(8-6-18)16-26-22-11-13-23(14-12-22)28-25-27-17-20-9-10-21(4-2)24-15-20/h3-4,18-23H,1-2,5-17H2. The van der Waals surface area contributed by atoms with Crippen molar-refractivity contribution in [3.63, 3.8) is 0 Å². The van der Waals surface area contributed by atoms with Gasteiger partial charge in [-0.25, -0.2) is 3.63 Å². The fourth-order valence-electron chi connectivity index (χ4n) is 4.51. The number of hydrogen-bond donors (Lipinski definition) is 0. The van der Waals surface area contributed by atoms with Crippen molar-refractivity contribution >= 4 is 35.8 Å². The van der Waals surface area contributed by atoms with Crippen molar-refractivity contribution in [2.24, 2.45) is 17.8 Å². The Morgan fingerprint density at radius 2 is 1.50 bits per heavy atom. The van der Waals surface area contributed by atoms with Gasteiger partial charge in [-0.3, -0.25) is 0 Å². The summed E-state index contributed by atoms with van der Waals surface area (Å²) in [4.78, 5) is 0. The molecule has 0 bridgehead atoms. The monoisotopic (exact) mass is 442 g/mol. The average molecular weight is 443 g/mol. The Balaban J connectivity index is 1.18. The van der Waals surface area contributed by atoms with Gasteiger partial charge in [0, 0.05) is 40.3 Å². The third-order valence-electron chi connectivity index (χ3n) is 6.61. The van der Waals surface area contributed by atoms with Gasteiger partial charge in [0.15, 0.2) is 0 Å². The van der Waals surface area contributed by atoms with E-state index < -0.39 is 0 Å². The van der Waals surface area contributed by atoms with Crippen LogP contribution in [-0.2, 0) is 8.37 Å². The van der Waals surface area contributed by atoms with Crippen LogP contribution in [0.1, 0.15) is 64.2 Å². The maximum atomic E-state index is 5.88. The molecule has 3 rings (SSSR count). The van der Waals surface area contributed by atoms with Gasteiger partial charge in [0.1, 0.15) is 0 Å². The largest absolute Gasteiger partial charge is 0.374 e. The minimum Gasteiger partial charge on any atom is -0.374 e. The Hall–Kier alpha value is 0.450. The van der Waals surface area contributed by atoms with E-state index in [1.807, 2.05) is 6.08 Å². The highest BCUT2D eigenvalue weighted by Crippen LogP contribution is 2.39. The van der Waals surface area contributed by atoms with E-state index in [9.17, 15) is 0 Å². The third-order valence-corrected chi connectivity index (χ3v) is 10.3. The molecule has 0 aromatic rings. The smallest absolute Gasteiger partial charge is 0.0753 e. The highest BCUT2D eigenvalue weighted by atomic mass is 32.2. The molecule has 5 heteroatoms. The van der Waals surface area contributed by atoms with Crippen molar-refractivity contribution in [3.8, 4) is 0 Å². The van der Waals surface area contributed by atoms with Crippen LogP contribution in [0, 0.1) is 17.8 Å². The average Bonchev–Trinajstić information content (AvgIpc) is 2.77. The summed E-state index contributed by atoms with van der Waals surface area (Å²) in [5.41, 5.74) is 0. The summed E-state index contributed by atoms with van der Waals surface area (Å²) in [6, 6.07) is 0. The highest BCUT2D eigenvalue weighted by molar-refractivity contribution is 8.08. The molecule has 28 heavy (non-hydrogen) atoms. The minimum absolute atomic E-state index is 0.270. The molecule has 160 valence electrons. The quantitative estimate of drug-likeness (QED) is 0.200. The molecule has 1 aliphatic heterocycles. The Morgan fingerprint density at radius 1 is 0.786 bits per heavy atom. The molecule has 2 atom stereocenters. The van der Waals surface area contributed by atoms with Crippen LogP contribution in [0.15, 0.2) is 25.3 Å². The summed E-state index contributed by atoms with van der Waals surface area (Å²) in [6.45, 7) is 8.64. The predicted molar refractivity (Wildman–Crippen MR) is 128 cm³/mol. The fourth-order valence-corrected chi connectivity index (χ4v) is 7.80. The van der Waals surface area contributed by atoms with Gasteiger partial charge in [0.25, 0.3) is 0 Å². The SMILES string of the molecule is C=CC1CCC(CSC2CCC(SOSCC3CCC(C=C)OC3)CC2)CC1. The zero-order valence-electron chi connectivity index (χ0n) is 17.3. The van der Waals surface area contributed by atoms with Gasteiger partial charge in [-0.1, -0.05) is 12.2 Å². The van der Waals surface area contributed by atoms with Crippen LogP contribution in [0.25, 0.3) is 0 Å². The van der Waals surface area contributed by atoms with Crippen LogP contribution >= 0.6 is 35.8 Å². The van der Waals surface area contributed by atoms with Crippen molar-refractivity contribution in [2.75, 3.05) is 18.1 Å². The highest BCUT2D eigenvalue weighted by Gasteiger charge is 2.25. The van der Waals surface area contributed by atoms with Gasteiger partial charge in [-0.2, -0.15) is 11.8 Å². The number of ether oxygens (including phenoxy) is 1. The van der Waals surface area contributed by atoms with E-state index in [-0.39, 0.29) is 6.10 Å². The van der Waals surface area contributed by atoms with E-state index in [2.05, 4.69) is 31.0 Å². The second kappa shape index (κ2) is 13.0. The van der Waals surface area contributed by atoms with Crippen LogP contribution in [0.2, 0.25) is 0 Å². The van der Waals surface area contributed by atoms with Crippen molar-refractivity contribution in [3.05, 3.63) is 25.3 Å². The van der Waals surface area contributed by atoms with E-state index in [4.69, 9.17) is 8.37 Å². The molecule has 3 fully saturated rings. The molecule has 2 unspecified atom stereocenters. The zero-order valence-corrected chi connectivity index (χ0v) is 19.7. The van der Waals surface area contributed by atoms with Crippen LogP contribution in [-0.4, -0.2) is 34.7 Å². The molecule has 0 spiro atoms. The van der Waals surface area contributed by atoms with Crippen molar-refractivity contribution in [1.82, 2.24) is 0 Å². The van der Waals surface area contributed by atoms with E-state index >= 15 is 0 Å². The lowest BCUT2D eigenvalue weighted by Crippen LogP contribution is -2.25. The Bertz CT molecular complexity index is 449. The maximum Gasteiger partial charge on any atom is 0.0753 e. The van der Waals surface area contributed by atoms with Crippen LogP contribution in [0.5, 0.6) is 0 Å². The van der Waals surface area contributed by atoms with Gasteiger partial charge in [0.2, 0.25) is 0 Å². The third kappa shape index (κ3) is 7.94. The summed E-state index contributed by atoms with van der Waals surface area (Å²) in [5.74, 6) is 4.82. The first kappa shape index (κ1) is 23.1. The van der Waals surface area contributed by atoms with Gasteiger partial charge >= 0.3 is 0 Å². The van der Waals surface area contributed by atoms with E-state index in [1.165, 1.54) is 63.5 Å². The van der Waals surface area contributed by atoms with Crippen LogP contribution < -0.4 is 0 Å². The first-order chi connectivity index (χ1) is 13.8. The fraction of sp³-hybridized carbons (Fsp3) is 0.826. The lowest BCUT2D eigenvalue weighted by atomic mass is 9.83. The lowest BCUT2D eigenvalue weighted by Gasteiger charge is -2.30. The molecule has 1 heterocycles. The Kier molecular flexibility index (Phi) is 10.7. The molecule has 2 nitrogen and oxygen atoms in total. The molecular formula is C23H38O2S3. The molecule has 0 aromatic heterocycles. The summed E-state index contributed by atoms with van der Waals surface area (Å²) in [6.07, 6.45) is 17.7. The second-order valence-electron chi connectivity index (χ2n) is 8.75. The summed E-state index contributed by atoms with van der Waals surface area (Å²) >= 11 is 5.63. The number of thioether (sulfide) groups is 1. The van der Waals surface area contributed by atoms with Gasteiger partial charge in [0.05, 0.1) is 12.7 Å². The van der Waals surface area contributed by atoms with E-state index in [0.29, 0.717) is 11.2 Å². The Morgan fingerprint density at radius 3 is 2.14 bits per heavy atom. The molecule has 2 aliphatic carbocycles. The predicted octanol–water partition coefficient (Wildman–Crippen LogP) is 7.32. The molecule has 2 saturated carbocycles.